The lowest BCUT2D eigenvalue weighted by molar-refractivity contribution is -0.146. The van der Waals surface area contributed by atoms with Crippen molar-refractivity contribution in [3.63, 3.8) is 0 Å². The number of halogens is 4. The number of carbonyl (C=O) groups excluding carboxylic acids is 3. The van der Waals surface area contributed by atoms with Crippen LogP contribution in [-0.4, -0.2) is 36.8 Å². The molecule has 0 bridgehead atoms. The van der Waals surface area contributed by atoms with Crippen LogP contribution in [0.2, 0.25) is 0 Å². The van der Waals surface area contributed by atoms with Crippen LogP contribution in [-0.2, 0) is 32.1 Å². The third kappa shape index (κ3) is 9.47. The molecule has 0 fully saturated rings. The number of hydrogen-bond donors (Lipinski definition) is 2. The first-order valence-corrected chi connectivity index (χ1v) is 10.4. The fourth-order valence-electron chi connectivity index (χ4n) is 2.87. The first kappa shape index (κ1) is 26.6. The molecule has 0 radical (unpaired) electrons. The van der Waals surface area contributed by atoms with Gasteiger partial charge in [-0.3, -0.25) is 9.59 Å². The number of hydrogen-bond acceptors (Lipinski definition) is 5. The van der Waals surface area contributed by atoms with E-state index in [1.165, 1.54) is 12.1 Å². The second kappa shape index (κ2) is 12.6. The summed E-state index contributed by atoms with van der Waals surface area (Å²) in [5, 5.41) is 3.94. The van der Waals surface area contributed by atoms with Gasteiger partial charge in [0.15, 0.2) is 0 Å². The van der Waals surface area contributed by atoms with Gasteiger partial charge in [-0.15, -0.1) is 0 Å². The summed E-state index contributed by atoms with van der Waals surface area (Å²) in [5.74, 6) is -2.65. The van der Waals surface area contributed by atoms with Crippen molar-refractivity contribution < 1.29 is 41.4 Å². The van der Waals surface area contributed by atoms with Gasteiger partial charge in [-0.05, 0) is 36.6 Å². The molecule has 0 spiro atoms. The van der Waals surface area contributed by atoms with E-state index < -0.39 is 48.1 Å². The number of carbonyl (C=O) groups is 3. The first-order valence-electron chi connectivity index (χ1n) is 10.4. The average Bonchev–Trinajstić information content (AvgIpc) is 2.77. The Balaban J connectivity index is 2.05. The van der Waals surface area contributed by atoms with Gasteiger partial charge in [-0.25, -0.2) is 9.18 Å². The van der Waals surface area contributed by atoms with Gasteiger partial charge in [0.05, 0.1) is 18.7 Å². The molecular weight excluding hydrogens is 460 g/mol. The van der Waals surface area contributed by atoms with Gasteiger partial charge in [0, 0.05) is 6.42 Å². The maximum Gasteiger partial charge on any atom is 0.408 e. The van der Waals surface area contributed by atoms with Crippen molar-refractivity contribution in [2.45, 2.75) is 45.0 Å². The summed E-state index contributed by atoms with van der Waals surface area (Å²) in [7, 11) is 0. The van der Waals surface area contributed by atoms with Gasteiger partial charge in [0.1, 0.15) is 18.5 Å². The molecule has 2 aromatic rings. The highest BCUT2D eigenvalue weighted by atomic mass is 19.4. The number of rotatable bonds is 10. The molecule has 7 nitrogen and oxygen atoms in total. The van der Waals surface area contributed by atoms with Crippen LogP contribution in [0.5, 0.6) is 0 Å². The van der Waals surface area contributed by atoms with Gasteiger partial charge in [-0.1, -0.05) is 36.4 Å². The Hall–Kier alpha value is -3.63. The second-order valence-electron chi connectivity index (χ2n) is 7.19. The molecule has 1 atom stereocenters. The van der Waals surface area contributed by atoms with Gasteiger partial charge in [0.25, 0.3) is 0 Å². The topological polar surface area (TPSA) is 93.7 Å². The van der Waals surface area contributed by atoms with Crippen LogP contribution in [0.4, 0.5) is 28.0 Å². The van der Waals surface area contributed by atoms with E-state index in [1.54, 1.807) is 37.3 Å². The van der Waals surface area contributed by atoms with E-state index in [1.807, 2.05) is 5.32 Å². The molecule has 11 heteroatoms. The molecule has 2 rings (SSSR count). The van der Waals surface area contributed by atoms with Crippen LogP contribution in [0.25, 0.3) is 0 Å². The summed E-state index contributed by atoms with van der Waals surface area (Å²) in [6.45, 7) is 1.63. The van der Waals surface area contributed by atoms with E-state index in [2.05, 4.69) is 5.32 Å². The maximum atomic E-state index is 14.2. The number of esters is 1. The van der Waals surface area contributed by atoms with Gasteiger partial charge >= 0.3 is 18.2 Å². The second-order valence-corrected chi connectivity index (χ2v) is 7.19. The van der Waals surface area contributed by atoms with Gasteiger partial charge in [0.2, 0.25) is 5.91 Å². The molecule has 0 aliphatic rings. The standard InChI is InChI=1S/C23H24F4N2O5/c1-2-33-20(30)11-9-15-8-10-17(24)18(12-15)28-21(31)19(13-23(25,26)27)29-22(32)34-14-16-6-4-3-5-7-16/h3-8,10,12,19H,2,9,11,13-14H2,1H3,(H,28,31)(H,29,32). The molecule has 2 amide bonds. The Labute approximate surface area is 193 Å². The van der Waals surface area contributed by atoms with Crippen LogP contribution < -0.4 is 10.6 Å². The molecule has 0 aliphatic carbocycles. The zero-order chi connectivity index (χ0) is 25.1. The zero-order valence-corrected chi connectivity index (χ0v) is 18.3. The highest BCUT2D eigenvalue weighted by Crippen LogP contribution is 2.23. The van der Waals surface area contributed by atoms with E-state index in [0.29, 0.717) is 11.1 Å². The minimum Gasteiger partial charge on any atom is -0.466 e. The fourth-order valence-corrected chi connectivity index (χ4v) is 2.87. The van der Waals surface area contributed by atoms with Crippen molar-refractivity contribution in [2.75, 3.05) is 11.9 Å². The number of anilines is 1. The lowest BCUT2D eigenvalue weighted by Gasteiger charge is -2.20. The molecule has 0 saturated carbocycles. The van der Waals surface area contributed by atoms with Crippen LogP contribution >= 0.6 is 0 Å². The molecule has 0 aromatic heterocycles. The minimum absolute atomic E-state index is 0.00162. The van der Waals surface area contributed by atoms with E-state index in [4.69, 9.17) is 9.47 Å². The molecule has 184 valence electrons. The lowest BCUT2D eigenvalue weighted by atomic mass is 10.1. The maximum absolute atomic E-state index is 14.2. The van der Waals surface area contributed by atoms with E-state index in [0.717, 1.165) is 6.07 Å². The number of nitrogens with one attached hydrogen (secondary N) is 2. The molecule has 0 heterocycles. The highest BCUT2D eigenvalue weighted by Gasteiger charge is 2.37. The first-order chi connectivity index (χ1) is 16.1. The SMILES string of the molecule is CCOC(=O)CCc1ccc(F)c(NC(=O)C(CC(F)(F)F)NC(=O)OCc2ccccc2)c1. The van der Waals surface area contributed by atoms with Crippen LogP contribution in [0, 0.1) is 5.82 Å². The molecule has 34 heavy (non-hydrogen) atoms. The Bertz CT molecular complexity index is 983. The number of aryl methyl sites for hydroxylation is 1. The summed E-state index contributed by atoms with van der Waals surface area (Å²) in [6.07, 6.45) is -7.56. The Morgan fingerprint density at radius 3 is 2.35 bits per heavy atom. The highest BCUT2D eigenvalue weighted by molar-refractivity contribution is 5.96. The number of amides is 2. The van der Waals surface area contributed by atoms with Crippen molar-refractivity contribution >= 4 is 23.7 Å². The van der Waals surface area contributed by atoms with Crippen molar-refractivity contribution in [3.05, 3.63) is 65.5 Å². The molecule has 2 aromatic carbocycles. The summed E-state index contributed by atoms with van der Waals surface area (Å²) in [5.41, 5.74) is 0.654. The Kier molecular flexibility index (Phi) is 9.84. The normalized spacial score (nSPS) is 11.9. The third-order valence-corrected chi connectivity index (χ3v) is 4.47. The molecular formula is C23H24F4N2O5. The largest absolute Gasteiger partial charge is 0.466 e. The minimum atomic E-state index is -4.80. The van der Waals surface area contributed by atoms with Crippen LogP contribution in [0.3, 0.4) is 0 Å². The molecule has 0 aliphatic heterocycles. The zero-order valence-electron chi connectivity index (χ0n) is 18.3. The predicted octanol–water partition coefficient (Wildman–Crippen LogP) is 4.51. The van der Waals surface area contributed by atoms with E-state index >= 15 is 0 Å². The summed E-state index contributed by atoms with van der Waals surface area (Å²) in [6, 6.07) is 9.91. The Morgan fingerprint density at radius 2 is 1.71 bits per heavy atom. The van der Waals surface area contributed by atoms with Gasteiger partial charge < -0.3 is 20.1 Å². The smallest absolute Gasteiger partial charge is 0.408 e. The summed E-state index contributed by atoms with van der Waals surface area (Å²) < 4.78 is 62.9. The number of ether oxygens (including phenoxy) is 2. The summed E-state index contributed by atoms with van der Waals surface area (Å²) >= 11 is 0. The van der Waals surface area contributed by atoms with Crippen LogP contribution in [0.1, 0.15) is 30.9 Å². The number of alkyl halides is 3. The molecule has 0 saturated heterocycles. The van der Waals surface area contributed by atoms with E-state index in [9.17, 15) is 31.9 Å². The monoisotopic (exact) mass is 484 g/mol. The third-order valence-electron chi connectivity index (χ3n) is 4.47. The number of benzene rings is 2. The number of alkyl carbamates (subject to hydrolysis) is 1. The fraction of sp³-hybridized carbons (Fsp3) is 0.348. The quantitative estimate of drug-likeness (QED) is 0.383. The van der Waals surface area contributed by atoms with Crippen molar-refractivity contribution in [2.24, 2.45) is 0 Å². The molecule has 1 unspecified atom stereocenters. The average molecular weight is 484 g/mol. The summed E-state index contributed by atoms with van der Waals surface area (Å²) in [4.78, 5) is 36.0. The predicted molar refractivity (Wildman–Crippen MR) is 114 cm³/mol. The van der Waals surface area contributed by atoms with E-state index in [-0.39, 0.29) is 26.1 Å². The molecule has 2 N–H and O–H groups in total. The lowest BCUT2D eigenvalue weighted by Crippen LogP contribution is -2.46. The van der Waals surface area contributed by atoms with Crippen molar-refractivity contribution in [3.8, 4) is 0 Å². The van der Waals surface area contributed by atoms with Crippen molar-refractivity contribution in [1.82, 2.24) is 5.32 Å². The van der Waals surface area contributed by atoms with Crippen molar-refractivity contribution in [1.29, 1.82) is 0 Å². The Morgan fingerprint density at radius 1 is 1.00 bits per heavy atom. The van der Waals surface area contributed by atoms with Crippen LogP contribution in [0.15, 0.2) is 48.5 Å². The van der Waals surface area contributed by atoms with Gasteiger partial charge in [-0.2, -0.15) is 13.2 Å².